The van der Waals surface area contributed by atoms with Gasteiger partial charge in [0.2, 0.25) is 0 Å². The minimum atomic E-state index is 0.861. The molecule has 2 heterocycles. The quantitative estimate of drug-likeness (QED) is 0.802. The molecule has 1 aromatic heterocycles. The van der Waals surface area contributed by atoms with E-state index in [1.165, 1.54) is 18.5 Å². The van der Waals surface area contributed by atoms with Crippen molar-refractivity contribution in [2.24, 2.45) is 5.92 Å². The van der Waals surface area contributed by atoms with Gasteiger partial charge in [0.15, 0.2) is 5.82 Å². The first-order valence-electron chi connectivity index (χ1n) is 6.44. The molecule has 2 fully saturated rings. The molecule has 0 amide bonds. The van der Waals surface area contributed by atoms with Gasteiger partial charge in [0.25, 0.3) is 0 Å². The number of anilines is 2. The highest BCUT2D eigenvalue weighted by Crippen LogP contribution is 2.28. The highest BCUT2D eigenvalue weighted by Gasteiger charge is 2.21. The van der Waals surface area contributed by atoms with Crippen LogP contribution in [0.4, 0.5) is 11.5 Å². The second kappa shape index (κ2) is 4.87. The molecule has 2 aliphatic rings. The summed E-state index contributed by atoms with van der Waals surface area (Å²) in [6.45, 7) is 5.24. The Morgan fingerprint density at radius 3 is 2.94 bits per heavy atom. The summed E-state index contributed by atoms with van der Waals surface area (Å²) in [4.78, 5) is 2.35. The lowest BCUT2D eigenvalue weighted by Gasteiger charge is -2.29. The van der Waals surface area contributed by atoms with Gasteiger partial charge in [-0.3, -0.25) is 0 Å². The van der Waals surface area contributed by atoms with Crippen molar-refractivity contribution in [2.75, 3.05) is 42.9 Å². The molecular formula is C12H19N5. The van der Waals surface area contributed by atoms with Gasteiger partial charge in [-0.15, -0.1) is 5.10 Å². The van der Waals surface area contributed by atoms with Crippen LogP contribution >= 0.6 is 0 Å². The van der Waals surface area contributed by atoms with E-state index in [0.717, 1.165) is 44.5 Å². The Hall–Kier alpha value is -1.36. The molecule has 17 heavy (non-hydrogen) atoms. The maximum absolute atomic E-state index is 4.13. The summed E-state index contributed by atoms with van der Waals surface area (Å²) in [7, 11) is 0. The first-order valence-corrected chi connectivity index (χ1v) is 6.44. The standard InChI is InChI=1S/C12H19N5/c1-2-10(1)8-14-12-7-11(9-15-16-12)17-5-3-13-4-6-17/h7,9-10,13H,1-6,8H2,(H,14,16). The van der Waals surface area contributed by atoms with Crippen molar-refractivity contribution in [3.05, 3.63) is 12.3 Å². The first kappa shape index (κ1) is 10.8. The molecule has 0 radical (unpaired) electrons. The van der Waals surface area contributed by atoms with Crippen LogP contribution in [0, 0.1) is 5.92 Å². The summed E-state index contributed by atoms with van der Waals surface area (Å²) in [5, 5.41) is 14.9. The number of hydrogen-bond donors (Lipinski definition) is 2. The van der Waals surface area contributed by atoms with Crippen LogP contribution in [0.15, 0.2) is 12.3 Å². The van der Waals surface area contributed by atoms with Crippen LogP contribution in [0.25, 0.3) is 0 Å². The summed E-state index contributed by atoms with van der Waals surface area (Å²) >= 11 is 0. The molecule has 0 bridgehead atoms. The van der Waals surface area contributed by atoms with Crippen LogP contribution in [-0.2, 0) is 0 Å². The molecule has 1 aliphatic heterocycles. The lowest BCUT2D eigenvalue weighted by Crippen LogP contribution is -2.43. The minimum Gasteiger partial charge on any atom is -0.368 e. The van der Waals surface area contributed by atoms with Crippen LogP contribution in [0.1, 0.15) is 12.8 Å². The average molecular weight is 233 g/mol. The Bertz CT molecular complexity index is 371. The van der Waals surface area contributed by atoms with Gasteiger partial charge < -0.3 is 15.5 Å². The molecule has 1 aliphatic carbocycles. The fraction of sp³-hybridized carbons (Fsp3) is 0.667. The molecular weight excluding hydrogens is 214 g/mol. The molecule has 0 aromatic carbocycles. The van der Waals surface area contributed by atoms with Crippen molar-refractivity contribution >= 4 is 11.5 Å². The number of nitrogens with zero attached hydrogens (tertiary/aromatic N) is 3. The molecule has 1 saturated heterocycles. The van der Waals surface area contributed by atoms with E-state index in [4.69, 9.17) is 0 Å². The normalized spacial score (nSPS) is 20.4. The van der Waals surface area contributed by atoms with Gasteiger partial charge in [-0.25, -0.2) is 0 Å². The molecule has 1 aromatic rings. The number of hydrogen-bond acceptors (Lipinski definition) is 5. The molecule has 5 nitrogen and oxygen atoms in total. The fourth-order valence-corrected chi connectivity index (χ4v) is 2.11. The second-order valence-corrected chi connectivity index (χ2v) is 4.86. The van der Waals surface area contributed by atoms with Gasteiger partial charge in [-0.05, 0) is 18.8 Å². The number of nitrogens with one attached hydrogen (secondary N) is 2. The van der Waals surface area contributed by atoms with Gasteiger partial charge in [0.1, 0.15) is 0 Å². The van der Waals surface area contributed by atoms with Crippen molar-refractivity contribution in [1.82, 2.24) is 15.5 Å². The number of aromatic nitrogens is 2. The predicted octanol–water partition coefficient (Wildman–Crippen LogP) is 0.708. The van der Waals surface area contributed by atoms with E-state index >= 15 is 0 Å². The zero-order valence-corrected chi connectivity index (χ0v) is 10.0. The second-order valence-electron chi connectivity index (χ2n) is 4.86. The molecule has 5 heteroatoms. The van der Waals surface area contributed by atoms with Crippen molar-refractivity contribution in [1.29, 1.82) is 0 Å². The zero-order valence-electron chi connectivity index (χ0n) is 10.0. The lowest BCUT2D eigenvalue weighted by molar-refractivity contribution is 0.588. The molecule has 92 valence electrons. The topological polar surface area (TPSA) is 53.1 Å². The Balaban J connectivity index is 1.64. The fourth-order valence-electron chi connectivity index (χ4n) is 2.11. The summed E-state index contributed by atoms with van der Waals surface area (Å²) in [6.07, 6.45) is 4.57. The SMILES string of the molecule is c1nnc(NCC2CC2)cc1N1CCNCC1. The Morgan fingerprint density at radius 2 is 2.18 bits per heavy atom. The van der Waals surface area contributed by atoms with Gasteiger partial charge in [-0.1, -0.05) is 0 Å². The van der Waals surface area contributed by atoms with Crippen LogP contribution in [-0.4, -0.2) is 42.9 Å². The first-order chi connectivity index (χ1) is 8.42. The monoisotopic (exact) mass is 233 g/mol. The van der Waals surface area contributed by atoms with E-state index in [0.29, 0.717) is 0 Å². The molecule has 0 unspecified atom stereocenters. The van der Waals surface area contributed by atoms with Crippen molar-refractivity contribution in [3.63, 3.8) is 0 Å². The van der Waals surface area contributed by atoms with E-state index in [1.807, 2.05) is 6.20 Å². The average Bonchev–Trinajstić information content (AvgIpc) is 3.22. The van der Waals surface area contributed by atoms with Crippen molar-refractivity contribution in [3.8, 4) is 0 Å². The molecule has 0 spiro atoms. The van der Waals surface area contributed by atoms with Gasteiger partial charge >= 0.3 is 0 Å². The maximum Gasteiger partial charge on any atom is 0.150 e. The van der Waals surface area contributed by atoms with Crippen LogP contribution in [0.5, 0.6) is 0 Å². The molecule has 3 rings (SSSR count). The Kier molecular flexibility index (Phi) is 3.09. The van der Waals surface area contributed by atoms with Crippen LogP contribution < -0.4 is 15.5 Å². The highest BCUT2D eigenvalue weighted by atomic mass is 15.2. The Morgan fingerprint density at radius 1 is 1.35 bits per heavy atom. The van der Waals surface area contributed by atoms with Gasteiger partial charge in [0, 0.05) is 38.8 Å². The minimum absolute atomic E-state index is 0.861. The number of rotatable bonds is 4. The maximum atomic E-state index is 4.13. The summed E-state index contributed by atoms with van der Waals surface area (Å²) in [5.74, 6) is 1.77. The smallest absolute Gasteiger partial charge is 0.150 e. The predicted molar refractivity (Wildman–Crippen MR) is 68.3 cm³/mol. The van der Waals surface area contributed by atoms with Gasteiger partial charge in [0.05, 0.1) is 11.9 Å². The van der Waals surface area contributed by atoms with E-state index in [1.54, 1.807) is 0 Å². The molecule has 0 atom stereocenters. The summed E-state index contributed by atoms with van der Waals surface area (Å²) in [6, 6.07) is 2.11. The van der Waals surface area contributed by atoms with E-state index < -0.39 is 0 Å². The van der Waals surface area contributed by atoms with Crippen molar-refractivity contribution in [2.45, 2.75) is 12.8 Å². The summed E-state index contributed by atoms with van der Waals surface area (Å²) < 4.78 is 0. The van der Waals surface area contributed by atoms with Crippen LogP contribution in [0.2, 0.25) is 0 Å². The Labute approximate surface area is 102 Å². The third-order valence-corrected chi connectivity index (χ3v) is 3.39. The lowest BCUT2D eigenvalue weighted by atomic mass is 10.3. The largest absolute Gasteiger partial charge is 0.368 e. The highest BCUT2D eigenvalue weighted by molar-refractivity contribution is 5.52. The van der Waals surface area contributed by atoms with E-state index in [-0.39, 0.29) is 0 Å². The molecule has 1 saturated carbocycles. The summed E-state index contributed by atoms with van der Waals surface area (Å²) in [5.41, 5.74) is 1.18. The van der Waals surface area contributed by atoms with Crippen LogP contribution in [0.3, 0.4) is 0 Å². The molecule has 2 N–H and O–H groups in total. The third kappa shape index (κ3) is 2.85. The van der Waals surface area contributed by atoms with E-state index in [2.05, 4.69) is 31.8 Å². The zero-order chi connectivity index (χ0) is 11.5. The third-order valence-electron chi connectivity index (χ3n) is 3.39. The van der Waals surface area contributed by atoms with Gasteiger partial charge in [-0.2, -0.15) is 5.10 Å². The number of piperazine rings is 1. The van der Waals surface area contributed by atoms with Crippen molar-refractivity contribution < 1.29 is 0 Å². The van der Waals surface area contributed by atoms with E-state index in [9.17, 15) is 0 Å².